The number of ether oxygens (including phenoxy) is 2. The standard InChI is InChI=1S/C18H25NO2/c1-3-14-12-19-16(15(14)4-1)7-5-13-6-8-17-18(11-13)21-10-2-9-20-17/h6,8,11,14-16,19H,1-5,7,9-10,12H2. The molecule has 1 aromatic rings. The summed E-state index contributed by atoms with van der Waals surface area (Å²) >= 11 is 0. The molecule has 2 aliphatic heterocycles. The molecule has 0 aromatic heterocycles. The molecule has 1 saturated heterocycles. The number of rotatable bonds is 3. The highest BCUT2D eigenvalue weighted by Gasteiger charge is 2.38. The second-order valence-corrected chi connectivity index (χ2v) is 6.74. The maximum Gasteiger partial charge on any atom is 0.161 e. The van der Waals surface area contributed by atoms with E-state index in [-0.39, 0.29) is 0 Å². The Hall–Kier alpha value is -1.22. The molecule has 1 N–H and O–H groups in total. The van der Waals surface area contributed by atoms with Crippen molar-refractivity contribution in [3.8, 4) is 11.5 Å². The topological polar surface area (TPSA) is 30.5 Å². The average Bonchev–Trinajstić information content (AvgIpc) is 3.03. The minimum atomic E-state index is 0.730. The summed E-state index contributed by atoms with van der Waals surface area (Å²) in [4.78, 5) is 0. The fourth-order valence-electron chi connectivity index (χ4n) is 4.30. The van der Waals surface area contributed by atoms with Crippen LogP contribution in [-0.4, -0.2) is 25.8 Å². The molecule has 4 rings (SSSR count). The molecule has 3 heteroatoms. The van der Waals surface area contributed by atoms with Crippen LogP contribution in [0.15, 0.2) is 18.2 Å². The molecule has 0 amide bonds. The lowest BCUT2D eigenvalue weighted by Crippen LogP contribution is -2.27. The van der Waals surface area contributed by atoms with E-state index in [1.54, 1.807) is 0 Å². The summed E-state index contributed by atoms with van der Waals surface area (Å²) in [6.07, 6.45) is 7.68. The predicted molar refractivity (Wildman–Crippen MR) is 83.0 cm³/mol. The number of benzene rings is 1. The summed E-state index contributed by atoms with van der Waals surface area (Å²) in [5, 5.41) is 3.75. The summed E-state index contributed by atoms with van der Waals surface area (Å²) < 4.78 is 11.5. The van der Waals surface area contributed by atoms with Crippen LogP contribution in [0, 0.1) is 11.8 Å². The van der Waals surface area contributed by atoms with E-state index in [4.69, 9.17) is 9.47 Å². The number of hydrogen-bond acceptors (Lipinski definition) is 3. The van der Waals surface area contributed by atoms with Gasteiger partial charge in [-0.25, -0.2) is 0 Å². The highest BCUT2D eigenvalue weighted by atomic mass is 16.5. The van der Waals surface area contributed by atoms with Gasteiger partial charge in [-0.1, -0.05) is 12.5 Å². The largest absolute Gasteiger partial charge is 0.490 e. The van der Waals surface area contributed by atoms with Gasteiger partial charge in [0, 0.05) is 12.5 Å². The van der Waals surface area contributed by atoms with Gasteiger partial charge in [-0.05, 0) is 61.8 Å². The van der Waals surface area contributed by atoms with Crippen LogP contribution < -0.4 is 14.8 Å². The highest BCUT2D eigenvalue weighted by Crippen LogP contribution is 2.39. The van der Waals surface area contributed by atoms with Gasteiger partial charge in [0.15, 0.2) is 11.5 Å². The van der Waals surface area contributed by atoms with Gasteiger partial charge in [-0.15, -0.1) is 0 Å². The van der Waals surface area contributed by atoms with Crippen molar-refractivity contribution in [1.82, 2.24) is 5.32 Å². The molecular formula is C18H25NO2. The molecule has 114 valence electrons. The monoisotopic (exact) mass is 287 g/mol. The minimum absolute atomic E-state index is 0.730. The van der Waals surface area contributed by atoms with Crippen molar-refractivity contribution >= 4 is 0 Å². The maximum absolute atomic E-state index is 5.79. The second kappa shape index (κ2) is 5.88. The molecular weight excluding hydrogens is 262 g/mol. The van der Waals surface area contributed by atoms with Gasteiger partial charge in [-0.3, -0.25) is 0 Å². The Labute approximate surface area is 127 Å². The zero-order chi connectivity index (χ0) is 14.1. The first-order valence-corrected chi connectivity index (χ1v) is 8.52. The molecule has 3 aliphatic rings. The summed E-state index contributed by atoms with van der Waals surface area (Å²) in [6.45, 7) is 2.78. The van der Waals surface area contributed by atoms with Crippen LogP contribution in [0.5, 0.6) is 11.5 Å². The highest BCUT2D eigenvalue weighted by molar-refractivity contribution is 5.43. The third kappa shape index (κ3) is 2.76. The minimum Gasteiger partial charge on any atom is -0.490 e. The Morgan fingerprint density at radius 3 is 2.90 bits per heavy atom. The van der Waals surface area contributed by atoms with E-state index in [1.807, 2.05) is 0 Å². The van der Waals surface area contributed by atoms with Crippen molar-refractivity contribution in [2.24, 2.45) is 11.8 Å². The number of aryl methyl sites for hydroxylation is 1. The normalized spacial score (nSPS) is 31.0. The van der Waals surface area contributed by atoms with Crippen LogP contribution in [0.3, 0.4) is 0 Å². The Balaban J connectivity index is 1.40. The molecule has 1 aliphatic carbocycles. The Bertz CT molecular complexity index is 502. The maximum atomic E-state index is 5.79. The first-order chi connectivity index (χ1) is 10.4. The lowest BCUT2D eigenvalue weighted by molar-refractivity contribution is 0.297. The summed E-state index contributed by atoms with van der Waals surface area (Å²) in [5.74, 6) is 3.73. The summed E-state index contributed by atoms with van der Waals surface area (Å²) in [5.41, 5.74) is 1.38. The number of hydrogen-bond donors (Lipinski definition) is 1. The van der Waals surface area contributed by atoms with Crippen LogP contribution >= 0.6 is 0 Å². The van der Waals surface area contributed by atoms with Crippen LogP contribution in [0.4, 0.5) is 0 Å². The van der Waals surface area contributed by atoms with E-state index < -0.39 is 0 Å². The van der Waals surface area contributed by atoms with Crippen molar-refractivity contribution in [3.05, 3.63) is 23.8 Å². The van der Waals surface area contributed by atoms with Crippen LogP contribution in [0.25, 0.3) is 0 Å². The van der Waals surface area contributed by atoms with Crippen LogP contribution in [-0.2, 0) is 6.42 Å². The van der Waals surface area contributed by atoms with Gasteiger partial charge < -0.3 is 14.8 Å². The second-order valence-electron chi connectivity index (χ2n) is 6.74. The molecule has 1 aromatic carbocycles. The molecule has 0 spiro atoms. The van der Waals surface area contributed by atoms with E-state index in [0.29, 0.717) is 0 Å². The van der Waals surface area contributed by atoms with E-state index in [1.165, 1.54) is 37.8 Å². The smallest absolute Gasteiger partial charge is 0.161 e. The Morgan fingerprint density at radius 2 is 1.95 bits per heavy atom. The van der Waals surface area contributed by atoms with Crippen molar-refractivity contribution in [2.45, 2.75) is 44.6 Å². The van der Waals surface area contributed by atoms with Gasteiger partial charge in [0.2, 0.25) is 0 Å². The molecule has 3 nitrogen and oxygen atoms in total. The molecule has 0 bridgehead atoms. The Kier molecular flexibility index (Phi) is 3.76. The zero-order valence-electron chi connectivity index (χ0n) is 12.6. The fraction of sp³-hybridized carbons (Fsp3) is 0.667. The van der Waals surface area contributed by atoms with Crippen LogP contribution in [0.2, 0.25) is 0 Å². The van der Waals surface area contributed by atoms with E-state index in [0.717, 1.165) is 55.4 Å². The third-order valence-electron chi connectivity index (χ3n) is 5.43. The molecule has 2 heterocycles. The quantitative estimate of drug-likeness (QED) is 0.926. The average molecular weight is 287 g/mol. The first-order valence-electron chi connectivity index (χ1n) is 8.52. The van der Waals surface area contributed by atoms with Crippen molar-refractivity contribution in [3.63, 3.8) is 0 Å². The molecule has 1 saturated carbocycles. The molecule has 0 radical (unpaired) electrons. The lowest BCUT2D eigenvalue weighted by Gasteiger charge is -2.18. The first kappa shape index (κ1) is 13.4. The predicted octanol–water partition coefficient (Wildman–Crippen LogP) is 3.17. The van der Waals surface area contributed by atoms with Gasteiger partial charge in [0.05, 0.1) is 13.2 Å². The molecule has 3 unspecified atom stereocenters. The fourth-order valence-corrected chi connectivity index (χ4v) is 4.30. The van der Waals surface area contributed by atoms with Gasteiger partial charge in [0.1, 0.15) is 0 Å². The van der Waals surface area contributed by atoms with Gasteiger partial charge in [-0.2, -0.15) is 0 Å². The summed E-state index contributed by atoms with van der Waals surface area (Å²) in [7, 11) is 0. The molecule has 2 fully saturated rings. The van der Waals surface area contributed by atoms with E-state index in [2.05, 4.69) is 23.5 Å². The van der Waals surface area contributed by atoms with Crippen LogP contribution in [0.1, 0.15) is 37.7 Å². The zero-order valence-corrected chi connectivity index (χ0v) is 12.6. The van der Waals surface area contributed by atoms with Crippen molar-refractivity contribution < 1.29 is 9.47 Å². The SMILES string of the molecule is c1cc2c(cc1CCC1NCC3CCCC31)OCCCO2. The number of nitrogens with one attached hydrogen (secondary N) is 1. The third-order valence-corrected chi connectivity index (χ3v) is 5.43. The summed E-state index contributed by atoms with van der Waals surface area (Å²) in [6, 6.07) is 7.20. The van der Waals surface area contributed by atoms with Crippen molar-refractivity contribution in [2.75, 3.05) is 19.8 Å². The Morgan fingerprint density at radius 1 is 1.05 bits per heavy atom. The lowest BCUT2D eigenvalue weighted by atomic mass is 9.90. The molecule has 21 heavy (non-hydrogen) atoms. The van der Waals surface area contributed by atoms with E-state index >= 15 is 0 Å². The van der Waals surface area contributed by atoms with Crippen molar-refractivity contribution in [1.29, 1.82) is 0 Å². The van der Waals surface area contributed by atoms with E-state index in [9.17, 15) is 0 Å². The number of fused-ring (bicyclic) bond motifs is 2. The van der Waals surface area contributed by atoms with Gasteiger partial charge >= 0.3 is 0 Å². The molecule has 3 atom stereocenters. The van der Waals surface area contributed by atoms with Gasteiger partial charge in [0.25, 0.3) is 0 Å².